The summed E-state index contributed by atoms with van der Waals surface area (Å²) < 4.78 is 30.5. The van der Waals surface area contributed by atoms with Crippen molar-refractivity contribution in [3.8, 4) is 5.75 Å². The van der Waals surface area contributed by atoms with Crippen LogP contribution in [0.15, 0.2) is 24.3 Å². The Hall–Kier alpha value is -1.40. The van der Waals surface area contributed by atoms with Crippen molar-refractivity contribution in [2.75, 3.05) is 19.7 Å². The van der Waals surface area contributed by atoms with Crippen LogP contribution in [0, 0.1) is 0 Å². The number of rotatable bonds is 6. The van der Waals surface area contributed by atoms with Gasteiger partial charge in [0, 0.05) is 5.02 Å². The fourth-order valence-electron chi connectivity index (χ4n) is 1.06. The van der Waals surface area contributed by atoms with Crippen LogP contribution in [0.5, 0.6) is 5.75 Å². The summed E-state index contributed by atoms with van der Waals surface area (Å²) in [5.74, 6) is -3.36. The zero-order valence-electron chi connectivity index (χ0n) is 9.46. The van der Waals surface area contributed by atoms with Gasteiger partial charge < -0.3 is 15.8 Å². The zero-order chi connectivity index (χ0) is 13.6. The molecule has 0 aliphatic carbocycles. The van der Waals surface area contributed by atoms with Gasteiger partial charge >= 0.3 is 0 Å². The number of nitrogens with one attached hydrogen (secondary N) is 1. The number of carbonyl (C=O) groups excluding carboxylic acids is 1. The summed E-state index contributed by atoms with van der Waals surface area (Å²) >= 11 is 5.71. The summed E-state index contributed by atoms with van der Waals surface area (Å²) in [6, 6.07) is 6.42. The summed E-state index contributed by atoms with van der Waals surface area (Å²) in [6.45, 7) is -1.98. The third kappa shape index (κ3) is 5.29. The minimum atomic E-state index is -3.11. The van der Waals surface area contributed by atoms with Crippen LogP contribution in [0.2, 0.25) is 5.02 Å². The highest BCUT2D eigenvalue weighted by atomic mass is 35.5. The van der Waals surface area contributed by atoms with Gasteiger partial charge in [-0.1, -0.05) is 17.7 Å². The van der Waals surface area contributed by atoms with Gasteiger partial charge in [-0.15, -0.1) is 0 Å². The number of halogens is 3. The van der Waals surface area contributed by atoms with E-state index in [4.69, 9.17) is 22.1 Å². The van der Waals surface area contributed by atoms with Crippen molar-refractivity contribution in [1.29, 1.82) is 0 Å². The second-order valence-electron chi connectivity index (χ2n) is 3.58. The van der Waals surface area contributed by atoms with Gasteiger partial charge in [0.1, 0.15) is 5.75 Å². The molecule has 0 unspecified atom stereocenters. The van der Waals surface area contributed by atoms with Crippen LogP contribution in [-0.4, -0.2) is 31.5 Å². The van der Waals surface area contributed by atoms with Crippen LogP contribution in [0.4, 0.5) is 8.78 Å². The highest BCUT2D eigenvalue weighted by Crippen LogP contribution is 2.16. The molecule has 4 nitrogen and oxygen atoms in total. The van der Waals surface area contributed by atoms with Crippen molar-refractivity contribution >= 4 is 17.5 Å². The molecule has 0 bridgehead atoms. The molecule has 1 aromatic rings. The Bertz CT molecular complexity index is 416. The lowest BCUT2D eigenvalue weighted by Gasteiger charge is -2.14. The standard InChI is InChI=1S/C11H13ClF2N2O2/c12-8-2-1-3-9(4-8)18-5-10(17)16-7-11(13,14)6-15/h1-4H,5-7,15H2,(H,16,17). The van der Waals surface area contributed by atoms with E-state index in [9.17, 15) is 13.6 Å². The molecule has 18 heavy (non-hydrogen) atoms. The second-order valence-corrected chi connectivity index (χ2v) is 4.02. The third-order valence-electron chi connectivity index (χ3n) is 2.01. The molecule has 0 aliphatic rings. The predicted octanol–water partition coefficient (Wildman–Crippen LogP) is 1.43. The van der Waals surface area contributed by atoms with Gasteiger partial charge in [-0.2, -0.15) is 0 Å². The van der Waals surface area contributed by atoms with E-state index in [1.807, 2.05) is 5.32 Å². The van der Waals surface area contributed by atoms with Gasteiger partial charge in [0.2, 0.25) is 0 Å². The summed E-state index contributed by atoms with van der Waals surface area (Å²) in [7, 11) is 0. The van der Waals surface area contributed by atoms with Crippen LogP contribution < -0.4 is 15.8 Å². The lowest BCUT2D eigenvalue weighted by molar-refractivity contribution is -0.124. The number of alkyl halides is 2. The van der Waals surface area contributed by atoms with E-state index in [2.05, 4.69) is 0 Å². The molecular weight excluding hydrogens is 266 g/mol. The van der Waals surface area contributed by atoms with Gasteiger partial charge in [-0.25, -0.2) is 8.78 Å². The molecule has 0 spiro atoms. The Morgan fingerprint density at radius 3 is 2.83 bits per heavy atom. The average Bonchev–Trinajstić information content (AvgIpc) is 2.34. The molecule has 0 aliphatic heterocycles. The lowest BCUT2D eigenvalue weighted by atomic mass is 10.3. The summed E-state index contributed by atoms with van der Waals surface area (Å²) in [4.78, 5) is 11.2. The highest BCUT2D eigenvalue weighted by Gasteiger charge is 2.27. The smallest absolute Gasteiger partial charge is 0.277 e. The quantitative estimate of drug-likeness (QED) is 0.827. The number of nitrogens with two attached hydrogens (primary N) is 1. The Morgan fingerprint density at radius 1 is 1.50 bits per heavy atom. The average molecular weight is 279 g/mol. The minimum Gasteiger partial charge on any atom is -0.484 e. The molecule has 7 heteroatoms. The van der Waals surface area contributed by atoms with Crippen molar-refractivity contribution in [3.05, 3.63) is 29.3 Å². The molecule has 1 aromatic carbocycles. The Morgan fingerprint density at radius 2 is 2.22 bits per heavy atom. The van der Waals surface area contributed by atoms with E-state index < -0.39 is 24.9 Å². The molecule has 100 valence electrons. The van der Waals surface area contributed by atoms with E-state index in [0.717, 1.165) is 0 Å². The summed E-state index contributed by atoms with van der Waals surface area (Å²) in [5, 5.41) is 2.49. The van der Waals surface area contributed by atoms with Gasteiger partial charge in [-0.3, -0.25) is 4.79 Å². The first kappa shape index (κ1) is 14.7. The van der Waals surface area contributed by atoms with E-state index in [1.54, 1.807) is 18.2 Å². The highest BCUT2D eigenvalue weighted by molar-refractivity contribution is 6.30. The van der Waals surface area contributed by atoms with E-state index >= 15 is 0 Å². The molecule has 3 N–H and O–H groups in total. The van der Waals surface area contributed by atoms with Crippen molar-refractivity contribution in [1.82, 2.24) is 5.32 Å². The molecule has 0 saturated heterocycles. The first-order valence-corrected chi connectivity index (χ1v) is 5.54. The van der Waals surface area contributed by atoms with Gasteiger partial charge in [0.15, 0.2) is 6.61 Å². The van der Waals surface area contributed by atoms with Crippen LogP contribution in [0.3, 0.4) is 0 Å². The molecule has 0 aromatic heterocycles. The molecule has 1 amide bonds. The number of amides is 1. The number of carbonyl (C=O) groups is 1. The molecule has 0 atom stereocenters. The van der Waals surface area contributed by atoms with Gasteiger partial charge in [0.25, 0.3) is 11.8 Å². The largest absolute Gasteiger partial charge is 0.484 e. The van der Waals surface area contributed by atoms with Crippen LogP contribution in [0.1, 0.15) is 0 Å². The topological polar surface area (TPSA) is 64.3 Å². The number of hydrogen-bond acceptors (Lipinski definition) is 3. The molecule has 0 heterocycles. The Balaban J connectivity index is 2.34. The van der Waals surface area contributed by atoms with Crippen molar-refractivity contribution in [3.63, 3.8) is 0 Å². The van der Waals surface area contributed by atoms with Crippen molar-refractivity contribution < 1.29 is 18.3 Å². The van der Waals surface area contributed by atoms with E-state index in [-0.39, 0.29) is 6.61 Å². The fourth-order valence-corrected chi connectivity index (χ4v) is 1.24. The van der Waals surface area contributed by atoms with Crippen molar-refractivity contribution in [2.24, 2.45) is 5.73 Å². The Kier molecular flexibility index (Phi) is 5.30. The van der Waals surface area contributed by atoms with Gasteiger partial charge in [-0.05, 0) is 18.2 Å². The monoisotopic (exact) mass is 278 g/mol. The molecule has 1 rings (SSSR count). The maximum atomic E-state index is 12.7. The SMILES string of the molecule is NCC(F)(F)CNC(=O)COc1cccc(Cl)c1. The first-order valence-electron chi connectivity index (χ1n) is 5.16. The minimum absolute atomic E-state index is 0.360. The van der Waals surface area contributed by atoms with Crippen LogP contribution >= 0.6 is 11.6 Å². The summed E-state index contributed by atoms with van der Waals surface area (Å²) in [5.41, 5.74) is 4.83. The maximum absolute atomic E-state index is 12.7. The Labute approximate surface area is 108 Å². The van der Waals surface area contributed by atoms with Gasteiger partial charge in [0.05, 0.1) is 13.1 Å². The van der Waals surface area contributed by atoms with Crippen molar-refractivity contribution in [2.45, 2.75) is 5.92 Å². The summed E-state index contributed by atoms with van der Waals surface area (Å²) in [6.07, 6.45) is 0. The molecule has 0 radical (unpaired) electrons. The zero-order valence-corrected chi connectivity index (χ0v) is 10.2. The van der Waals surface area contributed by atoms with Crippen LogP contribution in [-0.2, 0) is 4.79 Å². The lowest BCUT2D eigenvalue weighted by Crippen LogP contribution is -2.43. The number of ether oxygens (including phenoxy) is 1. The second kappa shape index (κ2) is 6.51. The molecule has 0 saturated carbocycles. The van der Waals surface area contributed by atoms with E-state index in [0.29, 0.717) is 10.8 Å². The van der Waals surface area contributed by atoms with E-state index in [1.165, 1.54) is 6.07 Å². The molecular formula is C11H13ClF2N2O2. The maximum Gasteiger partial charge on any atom is 0.277 e. The first-order chi connectivity index (χ1) is 8.43. The third-order valence-corrected chi connectivity index (χ3v) is 2.24. The predicted molar refractivity (Wildman–Crippen MR) is 64.0 cm³/mol. The number of hydrogen-bond donors (Lipinski definition) is 2. The fraction of sp³-hybridized carbons (Fsp3) is 0.364. The number of benzene rings is 1. The molecule has 0 fully saturated rings. The normalized spacial score (nSPS) is 11.1. The van der Waals surface area contributed by atoms with Crippen LogP contribution in [0.25, 0.3) is 0 Å².